The molecule has 0 bridgehead atoms. The zero-order valence-electron chi connectivity index (χ0n) is 11.9. The number of aryl methyl sites for hydroxylation is 2. The molecule has 0 radical (unpaired) electrons. The van der Waals surface area contributed by atoms with E-state index in [-0.39, 0.29) is 0 Å². The van der Waals surface area contributed by atoms with Crippen molar-refractivity contribution >= 4 is 22.2 Å². The number of aromatic nitrogens is 5. The zero-order chi connectivity index (χ0) is 14.1. The molecular formula is C16H14N5+. The fraction of sp³-hybridized carbons (Fsp3) is 0.188. The molecule has 1 aliphatic rings. The van der Waals surface area contributed by atoms with Crippen molar-refractivity contribution in [3.63, 3.8) is 0 Å². The van der Waals surface area contributed by atoms with Gasteiger partial charge in [0.05, 0.1) is 25.4 Å². The molecule has 0 saturated carbocycles. The molecule has 5 rings (SSSR count). The molecule has 102 valence electrons. The summed E-state index contributed by atoms with van der Waals surface area (Å²) in [4.78, 5) is 9.11. The van der Waals surface area contributed by atoms with Crippen molar-refractivity contribution in [1.29, 1.82) is 0 Å². The second-order valence-electron chi connectivity index (χ2n) is 5.57. The van der Waals surface area contributed by atoms with Crippen molar-refractivity contribution in [2.45, 2.75) is 6.54 Å². The minimum Gasteiger partial charge on any atom is -0.257 e. The Morgan fingerprint density at radius 2 is 1.86 bits per heavy atom. The maximum absolute atomic E-state index is 4.59. The van der Waals surface area contributed by atoms with Gasteiger partial charge < -0.3 is 0 Å². The van der Waals surface area contributed by atoms with Crippen molar-refractivity contribution in [3.05, 3.63) is 42.4 Å². The minimum absolute atomic E-state index is 0.826. The van der Waals surface area contributed by atoms with Gasteiger partial charge in [-0.05, 0) is 24.3 Å². The van der Waals surface area contributed by atoms with E-state index >= 15 is 0 Å². The van der Waals surface area contributed by atoms with Gasteiger partial charge in [-0.25, -0.2) is 9.55 Å². The van der Waals surface area contributed by atoms with Gasteiger partial charge in [0.15, 0.2) is 0 Å². The van der Waals surface area contributed by atoms with Crippen LogP contribution < -0.4 is 4.57 Å². The fourth-order valence-corrected chi connectivity index (χ4v) is 3.63. The van der Waals surface area contributed by atoms with Crippen molar-refractivity contribution in [2.75, 3.05) is 0 Å². The van der Waals surface area contributed by atoms with Gasteiger partial charge in [-0.3, -0.25) is 14.1 Å². The van der Waals surface area contributed by atoms with Crippen LogP contribution in [0.4, 0.5) is 0 Å². The van der Waals surface area contributed by atoms with Crippen molar-refractivity contribution in [1.82, 2.24) is 19.1 Å². The molecule has 0 fully saturated rings. The molecule has 1 aliphatic heterocycles. The molecule has 0 spiro atoms. The summed E-state index contributed by atoms with van der Waals surface area (Å²) >= 11 is 0. The Hall–Kier alpha value is -2.69. The highest BCUT2D eigenvalue weighted by molar-refractivity contribution is 6.02. The lowest BCUT2D eigenvalue weighted by Crippen LogP contribution is -2.33. The first kappa shape index (κ1) is 11.0. The molecule has 0 saturated heterocycles. The molecule has 0 amide bonds. The Balaban J connectivity index is 2.02. The van der Waals surface area contributed by atoms with Gasteiger partial charge in [0.2, 0.25) is 11.3 Å². The van der Waals surface area contributed by atoms with E-state index in [0.29, 0.717) is 0 Å². The van der Waals surface area contributed by atoms with Gasteiger partial charge in [0.1, 0.15) is 17.6 Å². The molecule has 0 atom stereocenters. The summed E-state index contributed by atoms with van der Waals surface area (Å²) in [6.07, 6.45) is 3.73. The van der Waals surface area contributed by atoms with E-state index in [2.05, 4.69) is 49.9 Å². The Morgan fingerprint density at radius 3 is 2.76 bits per heavy atom. The first-order valence-corrected chi connectivity index (χ1v) is 7.03. The predicted octanol–water partition coefficient (Wildman–Crippen LogP) is 1.78. The molecule has 0 aliphatic carbocycles. The van der Waals surface area contributed by atoms with Crippen LogP contribution in [-0.2, 0) is 20.6 Å². The van der Waals surface area contributed by atoms with Crippen molar-refractivity contribution < 1.29 is 4.57 Å². The molecule has 4 aromatic heterocycles. The van der Waals surface area contributed by atoms with Crippen LogP contribution in [0.15, 0.2) is 36.7 Å². The van der Waals surface area contributed by atoms with E-state index in [4.69, 9.17) is 0 Å². The summed E-state index contributed by atoms with van der Waals surface area (Å²) in [5.74, 6) is 1.21. The topological polar surface area (TPSA) is 39.5 Å². The Bertz CT molecular complexity index is 1040. The molecule has 4 aromatic rings. The van der Waals surface area contributed by atoms with Gasteiger partial charge in [-0.1, -0.05) is 0 Å². The lowest BCUT2D eigenvalue weighted by atomic mass is 10.2. The standard InChI is InChI=1S/C16H14N5/c1-19-12-6-4-8-18-13(12)14-16(19)21-9-11-10(5-3-7-17-11)15(21)20(14)2/h3-8H,9H2,1-2H3/q+1. The smallest absolute Gasteiger partial charge is 0.257 e. The van der Waals surface area contributed by atoms with E-state index in [1.807, 2.05) is 24.5 Å². The van der Waals surface area contributed by atoms with E-state index < -0.39 is 0 Å². The van der Waals surface area contributed by atoms with Crippen LogP contribution in [-0.4, -0.2) is 19.1 Å². The average Bonchev–Trinajstić information content (AvgIpc) is 3.11. The van der Waals surface area contributed by atoms with Gasteiger partial charge in [0.25, 0.3) is 5.65 Å². The maximum atomic E-state index is 4.59. The second-order valence-corrected chi connectivity index (χ2v) is 5.57. The van der Waals surface area contributed by atoms with Crippen LogP contribution in [0.25, 0.3) is 33.6 Å². The monoisotopic (exact) mass is 276 g/mol. The molecule has 5 nitrogen and oxygen atoms in total. The molecule has 5 heterocycles. The number of hydrogen-bond donors (Lipinski definition) is 0. The summed E-state index contributed by atoms with van der Waals surface area (Å²) in [5.41, 5.74) is 6.99. The van der Waals surface area contributed by atoms with Crippen LogP contribution in [0.5, 0.6) is 0 Å². The lowest BCUT2D eigenvalue weighted by Gasteiger charge is -1.97. The first-order chi connectivity index (χ1) is 10.3. The molecule has 0 unspecified atom stereocenters. The van der Waals surface area contributed by atoms with Crippen LogP contribution in [0.1, 0.15) is 5.69 Å². The van der Waals surface area contributed by atoms with Gasteiger partial charge >= 0.3 is 0 Å². The zero-order valence-corrected chi connectivity index (χ0v) is 11.9. The first-order valence-electron chi connectivity index (χ1n) is 7.03. The number of hydrogen-bond acceptors (Lipinski definition) is 2. The Labute approximate surface area is 121 Å². The van der Waals surface area contributed by atoms with Crippen molar-refractivity contribution in [3.8, 4) is 11.4 Å². The van der Waals surface area contributed by atoms with Gasteiger partial charge in [0, 0.05) is 12.4 Å². The summed E-state index contributed by atoms with van der Waals surface area (Å²) in [6, 6.07) is 8.26. The highest BCUT2D eigenvalue weighted by Gasteiger charge is 2.35. The van der Waals surface area contributed by atoms with Gasteiger partial charge in [-0.15, -0.1) is 0 Å². The number of imidazole rings is 1. The predicted molar refractivity (Wildman–Crippen MR) is 79.7 cm³/mol. The molecule has 0 aromatic carbocycles. The lowest BCUT2D eigenvalue weighted by molar-refractivity contribution is -0.649. The molecular weight excluding hydrogens is 262 g/mol. The quantitative estimate of drug-likeness (QED) is 0.404. The summed E-state index contributed by atoms with van der Waals surface area (Å²) in [6.45, 7) is 0.826. The van der Waals surface area contributed by atoms with E-state index in [9.17, 15) is 0 Å². The highest BCUT2D eigenvalue weighted by atomic mass is 15.3. The van der Waals surface area contributed by atoms with E-state index in [1.165, 1.54) is 22.6 Å². The molecule has 21 heavy (non-hydrogen) atoms. The second kappa shape index (κ2) is 3.49. The van der Waals surface area contributed by atoms with Crippen LogP contribution in [0, 0.1) is 0 Å². The van der Waals surface area contributed by atoms with Crippen molar-refractivity contribution in [2.24, 2.45) is 14.1 Å². The third-order valence-electron chi connectivity index (χ3n) is 4.51. The fourth-order valence-electron chi connectivity index (χ4n) is 3.63. The summed E-state index contributed by atoms with van der Waals surface area (Å²) in [5, 5.41) is 0. The summed E-state index contributed by atoms with van der Waals surface area (Å²) < 4.78 is 6.82. The number of fused-ring (bicyclic) bond motifs is 7. The SMILES string of the molecule is Cn1c2[n+](c3c1c1ncccc1n3C)Cc1ncccc1-2. The Morgan fingerprint density at radius 1 is 1.05 bits per heavy atom. The Kier molecular flexibility index (Phi) is 1.83. The summed E-state index contributed by atoms with van der Waals surface area (Å²) in [7, 11) is 4.22. The highest BCUT2D eigenvalue weighted by Crippen LogP contribution is 2.33. The minimum atomic E-state index is 0.826. The van der Waals surface area contributed by atoms with E-state index in [1.54, 1.807) is 0 Å². The maximum Gasteiger partial charge on any atom is 0.271 e. The van der Waals surface area contributed by atoms with Crippen LogP contribution >= 0.6 is 0 Å². The average molecular weight is 276 g/mol. The number of nitrogens with zero attached hydrogens (tertiary/aromatic N) is 5. The normalized spacial score (nSPS) is 13.0. The number of rotatable bonds is 0. The largest absolute Gasteiger partial charge is 0.271 e. The third-order valence-corrected chi connectivity index (χ3v) is 4.51. The van der Waals surface area contributed by atoms with E-state index in [0.717, 1.165) is 23.3 Å². The van der Waals surface area contributed by atoms with Crippen LogP contribution in [0.2, 0.25) is 0 Å². The molecule has 5 heteroatoms. The number of pyridine rings is 2. The molecule has 0 N–H and O–H groups in total. The van der Waals surface area contributed by atoms with Crippen LogP contribution in [0.3, 0.4) is 0 Å². The van der Waals surface area contributed by atoms with Gasteiger partial charge in [-0.2, -0.15) is 0 Å². The third kappa shape index (κ3) is 1.15.